The predicted molar refractivity (Wildman–Crippen MR) is 61.3 cm³/mol. The van der Waals surface area contributed by atoms with E-state index >= 15 is 0 Å². The first-order valence-electron chi connectivity index (χ1n) is 4.43. The Morgan fingerprint density at radius 1 is 1.53 bits per heavy atom. The summed E-state index contributed by atoms with van der Waals surface area (Å²) >= 11 is 3.36. The van der Waals surface area contributed by atoms with Crippen LogP contribution >= 0.6 is 15.9 Å². The average molecular weight is 269 g/mol. The summed E-state index contributed by atoms with van der Waals surface area (Å²) < 4.78 is 2.84. The Bertz CT molecular complexity index is 533. The van der Waals surface area contributed by atoms with Crippen molar-refractivity contribution in [2.24, 2.45) is 7.05 Å². The van der Waals surface area contributed by atoms with Crippen LogP contribution in [0.4, 0.5) is 0 Å². The second kappa shape index (κ2) is 3.66. The molecule has 0 fully saturated rings. The Kier molecular flexibility index (Phi) is 2.48. The van der Waals surface area contributed by atoms with Crippen molar-refractivity contribution >= 4 is 26.8 Å². The van der Waals surface area contributed by atoms with Crippen LogP contribution in [0.1, 0.15) is 5.56 Å². The van der Waals surface area contributed by atoms with Crippen molar-refractivity contribution in [2.45, 2.75) is 6.54 Å². The standard InChI is InChI=1S/C10H9BrN2O2/c1-12-5-7(6-13(14)15)9-4-8(11)2-3-10(9)12/h2-5H,6H2,1H3. The van der Waals surface area contributed by atoms with E-state index in [0.717, 1.165) is 20.9 Å². The highest BCUT2D eigenvalue weighted by Gasteiger charge is 2.11. The number of hydrogen-bond acceptors (Lipinski definition) is 2. The molecule has 0 atom stereocenters. The maximum absolute atomic E-state index is 10.5. The van der Waals surface area contributed by atoms with Crippen LogP contribution in [-0.4, -0.2) is 9.49 Å². The van der Waals surface area contributed by atoms with Gasteiger partial charge in [-0.25, -0.2) is 0 Å². The number of benzene rings is 1. The van der Waals surface area contributed by atoms with Crippen molar-refractivity contribution in [3.8, 4) is 0 Å². The zero-order valence-corrected chi connectivity index (χ0v) is 9.69. The van der Waals surface area contributed by atoms with E-state index in [1.165, 1.54) is 0 Å². The quantitative estimate of drug-likeness (QED) is 0.621. The molecule has 78 valence electrons. The molecule has 0 spiro atoms. The van der Waals surface area contributed by atoms with Crippen molar-refractivity contribution in [3.05, 3.63) is 44.5 Å². The molecule has 15 heavy (non-hydrogen) atoms. The second-order valence-corrected chi connectivity index (χ2v) is 4.33. The summed E-state index contributed by atoms with van der Waals surface area (Å²) in [5.41, 5.74) is 1.76. The molecule has 0 saturated heterocycles. The van der Waals surface area contributed by atoms with E-state index in [1.54, 1.807) is 6.20 Å². The Labute approximate surface area is 94.8 Å². The summed E-state index contributed by atoms with van der Waals surface area (Å²) in [6.07, 6.45) is 1.81. The van der Waals surface area contributed by atoms with Gasteiger partial charge in [-0.3, -0.25) is 10.1 Å². The van der Waals surface area contributed by atoms with Gasteiger partial charge >= 0.3 is 0 Å². The van der Waals surface area contributed by atoms with Crippen LogP contribution in [0.25, 0.3) is 10.9 Å². The molecular weight excluding hydrogens is 260 g/mol. The molecule has 0 N–H and O–H groups in total. The fourth-order valence-corrected chi connectivity index (χ4v) is 2.07. The zero-order chi connectivity index (χ0) is 11.0. The molecule has 0 aliphatic heterocycles. The van der Waals surface area contributed by atoms with Crippen LogP contribution in [0.3, 0.4) is 0 Å². The Hall–Kier alpha value is -1.36. The molecule has 0 unspecified atom stereocenters. The Balaban J connectivity index is 2.64. The summed E-state index contributed by atoms with van der Waals surface area (Å²) in [4.78, 5) is 10.2. The lowest BCUT2D eigenvalue weighted by Crippen LogP contribution is -1.96. The maximum atomic E-state index is 10.5. The van der Waals surface area contributed by atoms with Gasteiger partial charge in [0.2, 0.25) is 6.54 Å². The molecule has 0 saturated carbocycles. The summed E-state index contributed by atoms with van der Waals surface area (Å²) in [6.45, 7) is -0.131. The third-order valence-corrected chi connectivity index (χ3v) is 2.83. The lowest BCUT2D eigenvalue weighted by Gasteiger charge is -1.96. The molecule has 0 aliphatic carbocycles. The van der Waals surface area contributed by atoms with Gasteiger partial charge in [0.25, 0.3) is 0 Å². The first-order chi connectivity index (χ1) is 7.08. The van der Waals surface area contributed by atoms with Crippen LogP contribution < -0.4 is 0 Å². The lowest BCUT2D eigenvalue weighted by atomic mass is 10.2. The van der Waals surface area contributed by atoms with Crippen LogP contribution in [0.2, 0.25) is 0 Å². The normalized spacial score (nSPS) is 10.8. The number of halogens is 1. The topological polar surface area (TPSA) is 48.1 Å². The number of aryl methyl sites for hydroxylation is 1. The minimum atomic E-state index is -0.310. The monoisotopic (exact) mass is 268 g/mol. The number of nitro groups is 1. The van der Waals surface area contributed by atoms with Gasteiger partial charge in [-0.1, -0.05) is 15.9 Å². The fourth-order valence-electron chi connectivity index (χ4n) is 1.71. The third-order valence-electron chi connectivity index (χ3n) is 2.33. The van der Waals surface area contributed by atoms with E-state index in [9.17, 15) is 10.1 Å². The van der Waals surface area contributed by atoms with Crippen molar-refractivity contribution in [1.82, 2.24) is 4.57 Å². The van der Waals surface area contributed by atoms with Crippen LogP contribution in [-0.2, 0) is 13.6 Å². The molecule has 1 heterocycles. The van der Waals surface area contributed by atoms with Gasteiger partial charge in [0.1, 0.15) is 0 Å². The highest BCUT2D eigenvalue weighted by atomic mass is 79.9. The summed E-state index contributed by atoms with van der Waals surface area (Å²) in [5, 5.41) is 11.4. The number of fused-ring (bicyclic) bond motifs is 1. The van der Waals surface area contributed by atoms with Gasteiger partial charge in [-0.05, 0) is 18.2 Å². The molecule has 5 heteroatoms. The van der Waals surface area contributed by atoms with Crippen LogP contribution in [0.15, 0.2) is 28.9 Å². The number of aromatic nitrogens is 1. The highest BCUT2D eigenvalue weighted by Crippen LogP contribution is 2.24. The SMILES string of the molecule is Cn1cc(C[N+](=O)[O-])c2cc(Br)ccc21. The molecule has 1 aromatic carbocycles. The van der Waals surface area contributed by atoms with Crippen molar-refractivity contribution < 1.29 is 4.92 Å². The predicted octanol–water partition coefficient (Wildman–Crippen LogP) is 2.72. The minimum absolute atomic E-state index is 0.131. The van der Waals surface area contributed by atoms with E-state index in [0.29, 0.717) is 0 Å². The largest absolute Gasteiger partial charge is 0.350 e. The van der Waals surface area contributed by atoms with Crippen molar-refractivity contribution in [2.75, 3.05) is 0 Å². The molecule has 4 nitrogen and oxygen atoms in total. The molecule has 0 aliphatic rings. The smallest absolute Gasteiger partial charge is 0.230 e. The number of nitrogens with zero attached hydrogens (tertiary/aromatic N) is 2. The molecule has 0 amide bonds. The van der Waals surface area contributed by atoms with E-state index in [4.69, 9.17) is 0 Å². The molecule has 0 bridgehead atoms. The highest BCUT2D eigenvalue weighted by molar-refractivity contribution is 9.10. The van der Waals surface area contributed by atoms with E-state index in [1.807, 2.05) is 29.8 Å². The van der Waals surface area contributed by atoms with Gasteiger partial charge in [0.05, 0.1) is 0 Å². The number of hydrogen-bond donors (Lipinski definition) is 0. The lowest BCUT2D eigenvalue weighted by molar-refractivity contribution is -0.496. The summed E-state index contributed by atoms with van der Waals surface area (Å²) in [6, 6.07) is 5.79. The third kappa shape index (κ3) is 1.87. The molecule has 0 radical (unpaired) electrons. The van der Waals surface area contributed by atoms with E-state index in [2.05, 4.69) is 15.9 Å². The van der Waals surface area contributed by atoms with Crippen molar-refractivity contribution in [3.63, 3.8) is 0 Å². The fraction of sp³-hybridized carbons (Fsp3) is 0.200. The molecule has 2 aromatic rings. The van der Waals surface area contributed by atoms with Gasteiger partial charge in [0, 0.05) is 39.1 Å². The summed E-state index contributed by atoms with van der Waals surface area (Å²) in [5.74, 6) is 0. The second-order valence-electron chi connectivity index (χ2n) is 3.42. The van der Waals surface area contributed by atoms with Crippen LogP contribution in [0.5, 0.6) is 0 Å². The first kappa shape index (κ1) is 10.2. The zero-order valence-electron chi connectivity index (χ0n) is 8.11. The molecule has 2 rings (SSSR count). The van der Waals surface area contributed by atoms with E-state index in [-0.39, 0.29) is 11.5 Å². The first-order valence-corrected chi connectivity index (χ1v) is 5.22. The molecular formula is C10H9BrN2O2. The van der Waals surface area contributed by atoms with Crippen LogP contribution in [0, 0.1) is 10.1 Å². The Morgan fingerprint density at radius 3 is 2.93 bits per heavy atom. The number of rotatable bonds is 2. The Morgan fingerprint density at radius 2 is 2.27 bits per heavy atom. The van der Waals surface area contributed by atoms with Gasteiger partial charge in [-0.15, -0.1) is 0 Å². The van der Waals surface area contributed by atoms with Gasteiger partial charge < -0.3 is 4.57 Å². The average Bonchev–Trinajstić information content (AvgIpc) is 2.42. The van der Waals surface area contributed by atoms with Gasteiger partial charge in [0.15, 0.2) is 0 Å². The van der Waals surface area contributed by atoms with Crippen molar-refractivity contribution in [1.29, 1.82) is 0 Å². The van der Waals surface area contributed by atoms with Gasteiger partial charge in [-0.2, -0.15) is 0 Å². The van der Waals surface area contributed by atoms with E-state index < -0.39 is 0 Å². The minimum Gasteiger partial charge on any atom is -0.350 e. The molecule has 1 aromatic heterocycles. The maximum Gasteiger partial charge on any atom is 0.230 e. The summed E-state index contributed by atoms with van der Waals surface area (Å²) in [7, 11) is 1.89.